The third-order valence-corrected chi connectivity index (χ3v) is 3.78. The van der Waals surface area contributed by atoms with Crippen LogP contribution in [0.4, 0.5) is 0 Å². The quantitative estimate of drug-likeness (QED) is 0.670. The number of aryl methyl sites for hydroxylation is 1. The van der Waals surface area contributed by atoms with Crippen molar-refractivity contribution < 1.29 is 4.74 Å². The zero-order chi connectivity index (χ0) is 16.1. The van der Waals surface area contributed by atoms with Gasteiger partial charge in [-0.1, -0.05) is 54.6 Å². The first-order valence-electron chi connectivity index (χ1n) is 7.55. The Morgan fingerprint density at radius 3 is 2.39 bits per heavy atom. The molecule has 0 saturated heterocycles. The van der Waals surface area contributed by atoms with E-state index in [-0.39, 0.29) is 0 Å². The minimum Gasteiger partial charge on any atom is -0.488 e. The maximum Gasteiger partial charge on any atom is 0.127 e. The molecule has 3 rings (SSSR count). The topological polar surface area (TPSA) is 33.0 Å². The Morgan fingerprint density at radius 1 is 0.913 bits per heavy atom. The molecule has 0 spiro atoms. The normalized spacial score (nSPS) is 10.1. The van der Waals surface area contributed by atoms with Crippen molar-refractivity contribution in [2.24, 2.45) is 0 Å². The largest absolute Gasteiger partial charge is 0.488 e. The van der Waals surface area contributed by atoms with E-state index in [9.17, 15) is 0 Å². The van der Waals surface area contributed by atoms with Gasteiger partial charge in [-0.3, -0.25) is 0 Å². The van der Waals surface area contributed by atoms with E-state index in [0.717, 1.165) is 28.0 Å². The van der Waals surface area contributed by atoms with Crippen LogP contribution in [-0.4, -0.2) is 0 Å². The Labute approximate surface area is 136 Å². The monoisotopic (exact) mass is 299 g/mol. The Morgan fingerprint density at radius 2 is 1.65 bits per heavy atom. The van der Waals surface area contributed by atoms with Crippen LogP contribution in [0.15, 0.2) is 72.8 Å². The Hall–Kier alpha value is -3.05. The van der Waals surface area contributed by atoms with Gasteiger partial charge in [0.15, 0.2) is 0 Å². The fraction of sp³-hybridized carbons (Fsp3) is 0.0952. The lowest BCUT2D eigenvalue weighted by Gasteiger charge is -2.12. The second-order valence-electron chi connectivity index (χ2n) is 5.41. The number of nitriles is 1. The van der Waals surface area contributed by atoms with E-state index in [0.29, 0.717) is 12.2 Å². The molecule has 0 unspecified atom stereocenters. The summed E-state index contributed by atoms with van der Waals surface area (Å²) in [4.78, 5) is 0. The van der Waals surface area contributed by atoms with E-state index in [4.69, 9.17) is 10.00 Å². The van der Waals surface area contributed by atoms with Crippen LogP contribution in [0.3, 0.4) is 0 Å². The summed E-state index contributed by atoms with van der Waals surface area (Å²) < 4.78 is 6.01. The van der Waals surface area contributed by atoms with E-state index >= 15 is 0 Å². The molecule has 0 aliphatic rings. The molecular weight excluding hydrogens is 282 g/mol. The first kappa shape index (κ1) is 14.9. The fourth-order valence-corrected chi connectivity index (χ4v) is 2.52. The van der Waals surface area contributed by atoms with Gasteiger partial charge in [0.1, 0.15) is 12.4 Å². The van der Waals surface area contributed by atoms with Crippen LogP contribution in [-0.2, 0) is 6.61 Å². The predicted molar refractivity (Wildman–Crippen MR) is 92.1 cm³/mol. The maximum atomic E-state index is 9.07. The van der Waals surface area contributed by atoms with Gasteiger partial charge in [0, 0.05) is 5.56 Å². The summed E-state index contributed by atoms with van der Waals surface area (Å²) in [6, 6.07) is 26.2. The van der Waals surface area contributed by atoms with Crippen molar-refractivity contribution in [3.05, 3.63) is 89.5 Å². The van der Waals surface area contributed by atoms with E-state index < -0.39 is 0 Å². The number of para-hydroxylation sites is 1. The number of hydrogen-bond donors (Lipinski definition) is 0. The molecule has 0 radical (unpaired) electrons. The maximum absolute atomic E-state index is 9.07. The lowest BCUT2D eigenvalue weighted by atomic mass is 10.00. The van der Waals surface area contributed by atoms with E-state index in [2.05, 4.69) is 18.2 Å². The summed E-state index contributed by atoms with van der Waals surface area (Å²) in [5, 5.41) is 9.07. The van der Waals surface area contributed by atoms with Gasteiger partial charge in [0.2, 0.25) is 0 Å². The molecule has 0 atom stereocenters. The van der Waals surface area contributed by atoms with Crippen LogP contribution >= 0.6 is 0 Å². The molecule has 0 saturated carbocycles. The molecule has 23 heavy (non-hydrogen) atoms. The van der Waals surface area contributed by atoms with E-state index in [1.807, 2.05) is 67.6 Å². The number of ether oxygens (including phenoxy) is 1. The van der Waals surface area contributed by atoms with Gasteiger partial charge < -0.3 is 4.74 Å². The van der Waals surface area contributed by atoms with Crippen molar-refractivity contribution in [1.29, 1.82) is 5.26 Å². The molecular formula is C21H17NO. The predicted octanol–water partition coefficient (Wildman–Crippen LogP) is 5.11. The molecule has 2 heteroatoms. The molecule has 0 fully saturated rings. The first-order valence-corrected chi connectivity index (χ1v) is 7.55. The number of nitrogens with zero attached hydrogens (tertiary/aromatic N) is 1. The van der Waals surface area contributed by atoms with Gasteiger partial charge in [0.05, 0.1) is 11.6 Å². The summed E-state index contributed by atoms with van der Waals surface area (Å²) in [6.07, 6.45) is 0. The average molecular weight is 299 g/mol. The molecule has 112 valence electrons. The van der Waals surface area contributed by atoms with E-state index in [1.54, 1.807) is 0 Å². The third kappa shape index (κ3) is 3.41. The highest BCUT2D eigenvalue weighted by atomic mass is 16.5. The standard InChI is InChI=1S/C21H17NO/c1-16-13-18(11-12-19(16)14-22)20-9-5-6-10-21(20)23-15-17-7-3-2-4-8-17/h2-13H,15H2,1H3. The van der Waals surface area contributed by atoms with Gasteiger partial charge in [-0.25, -0.2) is 0 Å². The van der Waals surface area contributed by atoms with Crippen LogP contribution in [0.5, 0.6) is 5.75 Å². The van der Waals surface area contributed by atoms with Crippen LogP contribution < -0.4 is 4.74 Å². The van der Waals surface area contributed by atoms with Gasteiger partial charge in [-0.2, -0.15) is 5.26 Å². The zero-order valence-corrected chi connectivity index (χ0v) is 13.0. The van der Waals surface area contributed by atoms with Crippen molar-refractivity contribution in [3.8, 4) is 22.9 Å². The molecule has 0 aliphatic heterocycles. The zero-order valence-electron chi connectivity index (χ0n) is 13.0. The summed E-state index contributed by atoms with van der Waals surface area (Å²) in [6.45, 7) is 2.49. The minimum absolute atomic E-state index is 0.535. The van der Waals surface area contributed by atoms with E-state index in [1.165, 1.54) is 0 Å². The lowest BCUT2D eigenvalue weighted by molar-refractivity contribution is 0.307. The summed E-state index contributed by atoms with van der Waals surface area (Å²) in [5.74, 6) is 0.848. The highest BCUT2D eigenvalue weighted by molar-refractivity contribution is 5.71. The van der Waals surface area contributed by atoms with Crippen molar-refractivity contribution in [2.75, 3.05) is 0 Å². The van der Waals surface area contributed by atoms with Crippen LogP contribution in [0.1, 0.15) is 16.7 Å². The summed E-state index contributed by atoms with van der Waals surface area (Å²) >= 11 is 0. The molecule has 0 bridgehead atoms. The highest BCUT2D eigenvalue weighted by Crippen LogP contribution is 2.31. The van der Waals surface area contributed by atoms with Crippen molar-refractivity contribution >= 4 is 0 Å². The Kier molecular flexibility index (Phi) is 4.40. The molecule has 0 aliphatic carbocycles. The van der Waals surface area contributed by atoms with Crippen LogP contribution in [0.25, 0.3) is 11.1 Å². The second kappa shape index (κ2) is 6.81. The number of hydrogen-bond acceptors (Lipinski definition) is 2. The van der Waals surface area contributed by atoms with Crippen molar-refractivity contribution in [2.45, 2.75) is 13.5 Å². The van der Waals surface area contributed by atoms with Crippen molar-refractivity contribution in [3.63, 3.8) is 0 Å². The second-order valence-corrected chi connectivity index (χ2v) is 5.41. The highest BCUT2D eigenvalue weighted by Gasteiger charge is 2.08. The first-order chi connectivity index (χ1) is 11.3. The van der Waals surface area contributed by atoms with Crippen LogP contribution in [0, 0.1) is 18.3 Å². The molecule has 2 nitrogen and oxygen atoms in total. The van der Waals surface area contributed by atoms with Crippen LogP contribution in [0.2, 0.25) is 0 Å². The summed E-state index contributed by atoms with van der Waals surface area (Å²) in [5.41, 5.74) is 4.92. The van der Waals surface area contributed by atoms with Crippen molar-refractivity contribution in [1.82, 2.24) is 0 Å². The average Bonchev–Trinajstić information content (AvgIpc) is 2.61. The molecule has 0 heterocycles. The Bertz CT molecular complexity index is 847. The molecule has 3 aromatic rings. The summed E-state index contributed by atoms with van der Waals surface area (Å²) in [7, 11) is 0. The van der Waals surface area contributed by atoms with Gasteiger partial charge >= 0.3 is 0 Å². The number of rotatable bonds is 4. The molecule has 0 N–H and O–H groups in total. The molecule has 0 aromatic heterocycles. The third-order valence-electron chi connectivity index (χ3n) is 3.78. The lowest BCUT2D eigenvalue weighted by Crippen LogP contribution is -1.97. The smallest absolute Gasteiger partial charge is 0.127 e. The van der Waals surface area contributed by atoms with Gasteiger partial charge in [0.25, 0.3) is 0 Å². The minimum atomic E-state index is 0.535. The molecule has 0 amide bonds. The Balaban J connectivity index is 1.89. The fourth-order valence-electron chi connectivity index (χ4n) is 2.52. The van der Waals surface area contributed by atoms with Gasteiger partial charge in [-0.05, 0) is 41.8 Å². The molecule has 3 aromatic carbocycles. The SMILES string of the molecule is Cc1cc(-c2ccccc2OCc2ccccc2)ccc1C#N. The van der Waals surface area contributed by atoms with Gasteiger partial charge in [-0.15, -0.1) is 0 Å². The number of benzene rings is 3.